The van der Waals surface area contributed by atoms with Crippen LogP contribution in [0.3, 0.4) is 0 Å². The van der Waals surface area contributed by atoms with E-state index < -0.39 is 15.6 Å². The third-order valence-electron chi connectivity index (χ3n) is 2.84. The van der Waals surface area contributed by atoms with E-state index in [9.17, 15) is 21.6 Å². The van der Waals surface area contributed by atoms with Crippen molar-refractivity contribution in [3.8, 4) is 5.75 Å². The first-order chi connectivity index (χ1) is 8.31. The van der Waals surface area contributed by atoms with Gasteiger partial charge in [-0.25, -0.2) is 0 Å². The van der Waals surface area contributed by atoms with Gasteiger partial charge in [-0.05, 0) is 42.9 Å². The molecule has 0 spiro atoms. The van der Waals surface area contributed by atoms with Gasteiger partial charge in [0.05, 0.1) is 0 Å². The van der Waals surface area contributed by atoms with Gasteiger partial charge in [-0.2, -0.15) is 21.6 Å². The Morgan fingerprint density at radius 1 is 1.11 bits per heavy atom. The van der Waals surface area contributed by atoms with Crippen molar-refractivity contribution in [3.63, 3.8) is 0 Å². The minimum Gasteiger partial charge on any atom is -0.376 e. The summed E-state index contributed by atoms with van der Waals surface area (Å²) in [4.78, 5) is 0. The number of aryl methyl sites for hydroxylation is 1. The van der Waals surface area contributed by atoms with Crippen molar-refractivity contribution < 1.29 is 25.8 Å². The Morgan fingerprint density at radius 3 is 2.44 bits per heavy atom. The van der Waals surface area contributed by atoms with Gasteiger partial charge in [0.25, 0.3) is 0 Å². The first-order valence-corrected chi connectivity index (χ1v) is 6.83. The summed E-state index contributed by atoms with van der Waals surface area (Å²) >= 11 is 0. The van der Waals surface area contributed by atoms with Crippen LogP contribution in [0.2, 0.25) is 0 Å². The lowest BCUT2D eigenvalue weighted by atomic mass is 9.91. The Hall–Kier alpha value is -1.24. The van der Waals surface area contributed by atoms with Crippen molar-refractivity contribution in [2.24, 2.45) is 0 Å². The van der Waals surface area contributed by atoms with Crippen LogP contribution in [-0.2, 0) is 23.0 Å². The Morgan fingerprint density at radius 2 is 1.78 bits per heavy atom. The zero-order valence-corrected chi connectivity index (χ0v) is 10.1. The Bertz CT molecular complexity index is 549. The van der Waals surface area contributed by atoms with E-state index in [4.69, 9.17) is 0 Å². The SMILES string of the molecule is O=S(=O)(Oc1cccc2c1CCCC2)C(F)(F)F. The van der Waals surface area contributed by atoms with Gasteiger partial charge in [-0.1, -0.05) is 12.1 Å². The van der Waals surface area contributed by atoms with Crippen molar-refractivity contribution in [1.29, 1.82) is 0 Å². The third kappa shape index (κ3) is 2.45. The molecule has 0 heterocycles. The maximum absolute atomic E-state index is 12.2. The topological polar surface area (TPSA) is 43.4 Å². The van der Waals surface area contributed by atoms with Crippen molar-refractivity contribution in [2.45, 2.75) is 31.2 Å². The van der Waals surface area contributed by atoms with E-state index in [-0.39, 0.29) is 5.75 Å². The summed E-state index contributed by atoms with van der Waals surface area (Å²) in [6.45, 7) is 0. The lowest BCUT2D eigenvalue weighted by Crippen LogP contribution is -2.28. The number of rotatable bonds is 2. The van der Waals surface area contributed by atoms with Gasteiger partial charge in [0.1, 0.15) is 5.75 Å². The first-order valence-electron chi connectivity index (χ1n) is 5.43. The highest BCUT2D eigenvalue weighted by Gasteiger charge is 2.48. The van der Waals surface area contributed by atoms with E-state index in [1.165, 1.54) is 12.1 Å². The van der Waals surface area contributed by atoms with Gasteiger partial charge in [0, 0.05) is 0 Å². The van der Waals surface area contributed by atoms with Gasteiger partial charge in [0.15, 0.2) is 0 Å². The minimum atomic E-state index is -5.58. The lowest BCUT2D eigenvalue weighted by molar-refractivity contribution is -0.0500. The molecule has 0 N–H and O–H groups in total. The van der Waals surface area contributed by atoms with Crippen molar-refractivity contribution in [3.05, 3.63) is 29.3 Å². The van der Waals surface area contributed by atoms with Crippen LogP contribution >= 0.6 is 0 Å². The molecule has 0 aromatic heterocycles. The van der Waals surface area contributed by atoms with Crippen LogP contribution in [0.1, 0.15) is 24.0 Å². The summed E-state index contributed by atoms with van der Waals surface area (Å²) in [7, 11) is -5.58. The molecule has 100 valence electrons. The molecule has 0 saturated heterocycles. The number of benzene rings is 1. The molecule has 7 heteroatoms. The van der Waals surface area contributed by atoms with Crippen LogP contribution in [0, 0.1) is 0 Å². The number of fused-ring (bicyclic) bond motifs is 1. The Balaban J connectivity index is 2.36. The lowest BCUT2D eigenvalue weighted by Gasteiger charge is -2.19. The van der Waals surface area contributed by atoms with Crippen molar-refractivity contribution >= 4 is 10.1 Å². The van der Waals surface area contributed by atoms with Gasteiger partial charge >= 0.3 is 15.6 Å². The van der Waals surface area contributed by atoms with E-state index in [2.05, 4.69) is 4.18 Å². The second-order valence-corrected chi connectivity index (χ2v) is 5.62. The van der Waals surface area contributed by atoms with E-state index in [1.807, 2.05) is 0 Å². The minimum absolute atomic E-state index is 0.204. The molecule has 1 aromatic carbocycles. The summed E-state index contributed by atoms with van der Waals surface area (Å²) < 4.78 is 62.8. The molecule has 0 amide bonds. The number of alkyl halides is 3. The van der Waals surface area contributed by atoms with Crippen LogP contribution in [0.25, 0.3) is 0 Å². The van der Waals surface area contributed by atoms with Crippen LogP contribution in [0.5, 0.6) is 5.75 Å². The highest BCUT2D eigenvalue weighted by atomic mass is 32.2. The van der Waals surface area contributed by atoms with E-state index in [0.29, 0.717) is 12.0 Å². The summed E-state index contributed by atoms with van der Waals surface area (Å²) in [6.07, 6.45) is 3.04. The zero-order valence-electron chi connectivity index (χ0n) is 9.33. The van der Waals surface area contributed by atoms with Crippen LogP contribution in [0.4, 0.5) is 13.2 Å². The molecule has 0 saturated carbocycles. The zero-order chi connectivity index (χ0) is 13.4. The monoisotopic (exact) mass is 280 g/mol. The standard InChI is InChI=1S/C11H11F3O3S/c12-11(13,14)18(15,16)17-10-7-3-5-8-4-1-2-6-9(8)10/h3,5,7H,1-2,4,6H2. The molecule has 1 aromatic rings. The van der Waals surface area contributed by atoms with Gasteiger partial charge < -0.3 is 4.18 Å². The molecule has 1 aliphatic carbocycles. The smallest absolute Gasteiger partial charge is 0.376 e. The fourth-order valence-corrected chi connectivity index (χ4v) is 2.48. The second kappa shape index (κ2) is 4.46. The van der Waals surface area contributed by atoms with E-state index >= 15 is 0 Å². The van der Waals surface area contributed by atoms with Crippen molar-refractivity contribution in [1.82, 2.24) is 0 Å². The van der Waals surface area contributed by atoms with Crippen LogP contribution in [-0.4, -0.2) is 13.9 Å². The number of hydrogen-bond acceptors (Lipinski definition) is 3. The molecule has 0 fully saturated rings. The third-order valence-corrected chi connectivity index (χ3v) is 3.80. The molecule has 2 rings (SSSR count). The molecule has 0 radical (unpaired) electrons. The quantitative estimate of drug-likeness (QED) is 0.618. The fraction of sp³-hybridized carbons (Fsp3) is 0.455. The Labute approximate surface area is 103 Å². The van der Waals surface area contributed by atoms with Gasteiger partial charge in [0.2, 0.25) is 0 Å². The first kappa shape index (κ1) is 13.2. The number of halogens is 3. The van der Waals surface area contributed by atoms with Gasteiger partial charge in [-0.15, -0.1) is 0 Å². The molecule has 0 atom stereocenters. The molecule has 0 aliphatic heterocycles. The normalized spacial score (nSPS) is 16.2. The summed E-state index contributed by atoms with van der Waals surface area (Å²) in [6, 6.07) is 4.54. The van der Waals surface area contributed by atoms with E-state index in [1.54, 1.807) is 6.07 Å². The maximum Gasteiger partial charge on any atom is 0.534 e. The molecule has 0 unspecified atom stereocenters. The predicted molar refractivity (Wildman–Crippen MR) is 58.7 cm³/mol. The molecular weight excluding hydrogens is 269 g/mol. The molecule has 0 bridgehead atoms. The second-order valence-electron chi connectivity index (χ2n) is 4.08. The van der Waals surface area contributed by atoms with Crippen molar-refractivity contribution in [2.75, 3.05) is 0 Å². The van der Waals surface area contributed by atoms with Crippen LogP contribution < -0.4 is 4.18 Å². The summed E-state index contributed by atoms with van der Waals surface area (Å²) in [5.41, 5.74) is -3.97. The predicted octanol–water partition coefficient (Wildman–Crippen LogP) is 2.79. The van der Waals surface area contributed by atoms with E-state index in [0.717, 1.165) is 24.8 Å². The highest BCUT2D eigenvalue weighted by Crippen LogP contribution is 2.33. The van der Waals surface area contributed by atoms with Crippen LogP contribution in [0.15, 0.2) is 18.2 Å². The summed E-state index contributed by atoms with van der Waals surface area (Å²) in [5.74, 6) is -0.204. The maximum atomic E-state index is 12.2. The fourth-order valence-electron chi connectivity index (χ4n) is 1.99. The largest absolute Gasteiger partial charge is 0.534 e. The number of hydrogen-bond donors (Lipinski definition) is 0. The highest BCUT2D eigenvalue weighted by molar-refractivity contribution is 7.88. The summed E-state index contributed by atoms with van der Waals surface area (Å²) in [5, 5.41) is 0. The molecule has 18 heavy (non-hydrogen) atoms. The Kier molecular flexibility index (Phi) is 3.27. The average molecular weight is 280 g/mol. The molecule has 1 aliphatic rings. The average Bonchev–Trinajstić information content (AvgIpc) is 2.27. The molecule has 3 nitrogen and oxygen atoms in total. The van der Waals surface area contributed by atoms with Gasteiger partial charge in [-0.3, -0.25) is 0 Å². The molecular formula is C11H11F3O3S.